The van der Waals surface area contributed by atoms with Crippen molar-refractivity contribution in [2.24, 2.45) is 17.8 Å². The molecule has 2 unspecified atom stereocenters. The number of thiazole rings is 1. The van der Waals surface area contributed by atoms with E-state index in [4.69, 9.17) is 9.72 Å². The summed E-state index contributed by atoms with van der Waals surface area (Å²) in [5.74, 6) is -1.54. The Balaban J connectivity index is 1.49. The summed E-state index contributed by atoms with van der Waals surface area (Å²) < 4.78 is 6.25. The topological polar surface area (TPSA) is 141 Å². The maximum Gasteiger partial charge on any atom is 0.306 e. The van der Waals surface area contributed by atoms with Gasteiger partial charge in [0, 0.05) is 37.5 Å². The number of hydrogen-bond acceptors (Lipinski definition) is 8. The molecule has 2 heterocycles. The van der Waals surface area contributed by atoms with Crippen LogP contribution in [-0.4, -0.2) is 95.0 Å². The van der Waals surface area contributed by atoms with E-state index in [1.54, 1.807) is 12.3 Å². The monoisotopic (exact) mass is 753 g/mol. The molecule has 4 rings (SSSR count). The van der Waals surface area contributed by atoms with Crippen LogP contribution in [0.15, 0.2) is 35.7 Å². The fourth-order valence-electron chi connectivity index (χ4n) is 8.02. The molecule has 53 heavy (non-hydrogen) atoms. The smallest absolute Gasteiger partial charge is 0.306 e. The van der Waals surface area contributed by atoms with Gasteiger partial charge in [-0.3, -0.25) is 24.1 Å². The van der Waals surface area contributed by atoms with Crippen LogP contribution in [0.3, 0.4) is 0 Å². The van der Waals surface area contributed by atoms with E-state index < -0.39 is 30.1 Å². The third-order valence-corrected chi connectivity index (χ3v) is 12.1. The van der Waals surface area contributed by atoms with Gasteiger partial charge in [-0.15, -0.1) is 11.3 Å². The van der Waals surface area contributed by atoms with Crippen LogP contribution in [0.25, 0.3) is 0 Å². The van der Waals surface area contributed by atoms with E-state index in [0.717, 1.165) is 57.1 Å². The summed E-state index contributed by atoms with van der Waals surface area (Å²) in [6.45, 7) is 9.06. The molecule has 1 aliphatic heterocycles. The van der Waals surface area contributed by atoms with Gasteiger partial charge in [0.25, 0.3) is 5.91 Å². The van der Waals surface area contributed by atoms with Gasteiger partial charge < -0.3 is 25.4 Å². The van der Waals surface area contributed by atoms with Crippen molar-refractivity contribution in [3.8, 4) is 0 Å². The molecule has 0 bridgehead atoms. The van der Waals surface area contributed by atoms with Gasteiger partial charge in [-0.25, -0.2) is 4.98 Å². The maximum atomic E-state index is 14.4. The number of carboxylic acid groups (broad SMARTS) is 1. The van der Waals surface area contributed by atoms with Crippen LogP contribution in [0.5, 0.6) is 0 Å². The molecule has 1 saturated heterocycles. The Morgan fingerprint density at radius 2 is 1.70 bits per heavy atom. The highest BCUT2D eigenvalue weighted by molar-refractivity contribution is 7.09. The molecule has 6 atom stereocenters. The lowest BCUT2D eigenvalue weighted by molar-refractivity contribution is -0.141. The number of benzene rings is 1. The van der Waals surface area contributed by atoms with E-state index >= 15 is 0 Å². The van der Waals surface area contributed by atoms with Crippen molar-refractivity contribution in [2.75, 3.05) is 27.2 Å². The lowest BCUT2D eigenvalue weighted by Gasteiger charge is -2.38. The van der Waals surface area contributed by atoms with Crippen LogP contribution in [0.1, 0.15) is 125 Å². The molecule has 0 spiro atoms. The van der Waals surface area contributed by atoms with E-state index in [-0.39, 0.29) is 47.8 Å². The van der Waals surface area contributed by atoms with Crippen molar-refractivity contribution in [3.05, 3.63) is 52.0 Å². The number of aromatic nitrogens is 1. The molecule has 2 aromatic rings. The molecule has 3 amide bonds. The first-order valence-electron chi connectivity index (χ1n) is 19.8. The number of likely N-dealkylation sites (tertiary alicyclic amines) is 1. The zero-order valence-corrected chi connectivity index (χ0v) is 33.5. The average molecular weight is 754 g/mol. The molecule has 1 aliphatic carbocycles. The number of amides is 3. The highest BCUT2D eigenvalue weighted by Crippen LogP contribution is 2.32. The zero-order chi connectivity index (χ0) is 38.5. The van der Waals surface area contributed by atoms with Crippen molar-refractivity contribution in [1.82, 2.24) is 25.4 Å². The maximum absolute atomic E-state index is 14.4. The molecule has 1 aromatic heterocycles. The van der Waals surface area contributed by atoms with Crippen molar-refractivity contribution in [1.29, 1.82) is 0 Å². The second-order valence-electron chi connectivity index (χ2n) is 15.6. The number of carbonyl (C=O) groups is 4. The number of aliphatic carboxylic acids is 1. The van der Waals surface area contributed by atoms with E-state index in [2.05, 4.69) is 29.4 Å². The molecule has 0 radical (unpaired) electrons. The van der Waals surface area contributed by atoms with Gasteiger partial charge in [-0.05, 0) is 70.0 Å². The second-order valence-corrected chi connectivity index (χ2v) is 16.5. The number of nitrogens with one attached hydrogen (secondary N) is 2. The zero-order valence-electron chi connectivity index (χ0n) is 32.7. The van der Waals surface area contributed by atoms with Gasteiger partial charge >= 0.3 is 5.97 Å². The number of nitrogens with zero attached hydrogens (tertiary/aromatic N) is 3. The summed E-state index contributed by atoms with van der Waals surface area (Å²) in [7, 11) is 3.83. The molecule has 3 N–H and O–H groups in total. The minimum absolute atomic E-state index is 0.0555. The summed E-state index contributed by atoms with van der Waals surface area (Å²) in [6.07, 6.45) is 10.0. The predicted molar refractivity (Wildman–Crippen MR) is 209 cm³/mol. The fourth-order valence-corrected chi connectivity index (χ4v) is 8.88. The highest BCUT2D eigenvalue weighted by Gasteiger charge is 2.36. The number of carbonyl (C=O) groups excluding carboxylic acids is 3. The van der Waals surface area contributed by atoms with Crippen LogP contribution >= 0.6 is 11.3 Å². The van der Waals surface area contributed by atoms with Gasteiger partial charge in [0.2, 0.25) is 11.8 Å². The summed E-state index contributed by atoms with van der Waals surface area (Å²) in [6, 6.07) is 8.28. The highest BCUT2D eigenvalue weighted by atomic mass is 32.1. The Hall–Kier alpha value is -3.35. The number of ether oxygens (including phenoxy) is 1. The Kier molecular flexibility index (Phi) is 16.7. The number of rotatable bonds is 19. The molecular weight excluding hydrogens is 691 g/mol. The van der Waals surface area contributed by atoms with E-state index in [0.29, 0.717) is 36.8 Å². The minimum Gasteiger partial charge on any atom is -0.481 e. The minimum atomic E-state index is -0.907. The second kappa shape index (κ2) is 20.9. The summed E-state index contributed by atoms with van der Waals surface area (Å²) in [5.41, 5.74) is 1.26. The van der Waals surface area contributed by atoms with Crippen molar-refractivity contribution >= 4 is 35.0 Å². The molecule has 11 nitrogen and oxygen atoms in total. The van der Waals surface area contributed by atoms with Crippen molar-refractivity contribution in [3.63, 3.8) is 0 Å². The molecule has 294 valence electrons. The number of piperidine rings is 1. The van der Waals surface area contributed by atoms with Crippen molar-refractivity contribution < 1.29 is 29.0 Å². The Morgan fingerprint density at radius 1 is 1.00 bits per heavy atom. The largest absolute Gasteiger partial charge is 0.481 e. The normalized spacial score (nSPS) is 19.9. The number of likely N-dealkylation sites (N-methyl/N-ethyl adjacent to an activating group) is 2. The third-order valence-electron chi connectivity index (χ3n) is 11.2. The Morgan fingerprint density at radius 3 is 2.34 bits per heavy atom. The molecule has 12 heteroatoms. The molecular formula is C41H63N5O6S. The Bertz CT molecular complexity index is 1460. The quantitative estimate of drug-likeness (QED) is 0.148. The first kappa shape index (κ1) is 42.4. The lowest BCUT2D eigenvalue weighted by atomic mass is 9.84. The van der Waals surface area contributed by atoms with Crippen LogP contribution < -0.4 is 10.6 Å². The first-order chi connectivity index (χ1) is 25.4. The first-order valence-corrected chi connectivity index (χ1v) is 20.7. The Labute approximate surface area is 320 Å². The summed E-state index contributed by atoms with van der Waals surface area (Å²) >= 11 is 1.35. The van der Waals surface area contributed by atoms with Crippen LogP contribution in [0.2, 0.25) is 0 Å². The van der Waals surface area contributed by atoms with Gasteiger partial charge in [0.05, 0.1) is 12.0 Å². The number of hydrogen-bond donors (Lipinski definition) is 3. The van der Waals surface area contributed by atoms with Crippen molar-refractivity contribution in [2.45, 2.75) is 135 Å². The third kappa shape index (κ3) is 12.6. The summed E-state index contributed by atoms with van der Waals surface area (Å²) in [4.78, 5) is 61.9. The van der Waals surface area contributed by atoms with Crippen LogP contribution in [0.4, 0.5) is 0 Å². The predicted octanol–water partition coefficient (Wildman–Crippen LogP) is 6.49. The molecule has 2 fully saturated rings. The van der Waals surface area contributed by atoms with E-state index in [1.165, 1.54) is 17.8 Å². The van der Waals surface area contributed by atoms with E-state index in [9.17, 15) is 24.3 Å². The van der Waals surface area contributed by atoms with Gasteiger partial charge in [-0.2, -0.15) is 0 Å². The molecule has 1 aromatic carbocycles. The summed E-state index contributed by atoms with van der Waals surface area (Å²) in [5, 5.41) is 18.2. The number of carboxylic acids is 1. The van der Waals surface area contributed by atoms with Crippen LogP contribution in [0, 0.1) is 17.8 Å². The fraction of sp³-hybridized carbons (Fsp3) is 0.683. The van der Waals surface area contributed by atoms with E-state index in [1.807, 2.05) is 56.3 Å². The standard InChI is InChI=1S/C41H63N5O6S/c1-7-52-36(39-44-33(26-53-39)37(47)42-31(22-28(4)41(50)51)23-29-16-10-8-11-17-29)25-35(27(2)3)46(6)40(49)32(24-30-18-12-9-13-19-30)43-38(48)34-20-14-15-21-45(34)5/h8,10-11,16-17,26-28,30-32,34-36H,7,9,12-15,18-25H2,1-6H3,(H,42,47)(H,43,48)(H,50,51)/t28-,31+,32?,34?,35+,36+/m0/s1. The SMILES string of the molecule is CCO[C@H](C[C@H](C(C)C)N(C)C(=O)C(CC1CCCCC1)NC(=O)C1CCCCN1C)c1nc(C(=O)N[C@@H](Cc2ccccc2)C[C@H](C)C(=O)O)cs1. The lowest BCUT2D eigenvalue weighted by Crippen LogP contribution is -2.56. The van der Waals surface area contributed by atoms with Gasteiger partial charge in [-0.1, -0.05) is 89.6 Å². The van der Waals surface area contributed by atoms with Gasteiger partial charge in [0.15, 0.2) is 0 Å². The average Bonchev–Trinajstić information content (AvgIpc) is 3.64. The van der Waals surface area contributed by atoms with Gasteiger partial charge in [0.1, 0.15) is 22.8 Å². The van der Waals surface area contributed by atoms with Crippen LogP contribution in [-0.2, 0) is 25.5 Å². The molecule has 1 saturated carbocycles. The molecule has 2 aliphatic rings.